The first-order valence-electron chi connectivity index (χ1n) is 9.86. The number of ether oxygens (including phenoxy) is 5. The fourth-order valence-corrected chi connectivity index (χ4v) is 4.04. The second-order valence-corrected chi connectivity index (χ2v) is 7.96. The molecule has 0 spiro atoms. The summed E-state index contributed by atoms with van der Waals surface area (Å²) in [5.74, 6) is 4.04. The Kier molecular flexibility index (Phi) is 6.53. The van der Waals surface area contributed by atoms with Crippen molar-refractivity contribution >= 4 is 0 Å². The van der Waals surface area contributed by atoms with Crippen LogP contribution in [0.3, 0.4) is 0 Å². The quantitative estimate of drug-likeness (QED) is 0.665. The first-order valence-corrected chi connectivity index (χ1v) is 9.86. The van der Waals surface area contributed by atoms with Crippen molar-refractivity contribution in [2.45, 2.75) is 52.4 Å². The number of hydrogen-bond donors (Lipinski definition) is 0. The normalized spacial score (nSPS) is 27.7. The van der Waals surface area contributed by atoms with Crippen molar-refractivity contribution in [1.82, 2.24) is 0 Å². The molecular weight excluding hydrogens is 344 g/mol. The molecular formula is C22H32O5. The van der Waals surface area contributed by atoms with Crippen LogP contribution in [0.1, 0.15) is 51.9 Å². The molecule has 150 valence electrons. The minimum Gasteiger partial charge on any atom is -0.493 e. The molecule has 1 saturated carbocycles. The van der Waals surface area contributed by atoms with E-state index in [0.717, 1.165) is 23.7 Å². The van der Waals surface area contributed by atoms with Crippen molar-refractivity contribution in [3.05, 3.63) is 35.8 Å². The van der Waals surface area contributed by atoms with Gasteiger partial charge in [0.05, 0.1) is 20.3 Å². The lowest BCUT2D eigenvalue weighted by Crippen LogP contribution is -2.34. The van der Waals surface area contributed by atoms with Crippen molar-refractivity contribution < 1.29 is 23.7 Å². The maximum atomic E-state index is 6.26. The van der Waals surface area contributed by atoms with Gasteiger partial charge >= 0.3 is 0 Å². The molecule has 4 unspecified atom stereocenters. The molecule has 0 radical (unpaired) electrons. The van der Waals surface area contributed by atoms with Gasteiger partial charge in [0.15, 0.2) is 17.3 Å². The Morgan fingerprint density at radius 1 is 1.11 bits per heavy atom. The summed E-state index contributed by atoms with van der Waals surface area (Å²) in [5, 5.41) is 0. The molecule has 5 heteroatoms. The fraction of sp³-hybridized carbons (Fsp3) is 0.636. The van der Waals surface area contributed by atoms with Crippen LogP contribution in [0.4, 0.5) is 0 Å². The van der Waals surface area contributed by atoms with Crippen LogP contribution in [0.5, 0.6) is 11.5 Å². The summed E-state index contributed by atoms with van der Waals surface area (Å²) in [6.07, 6.45) is 5.14. The standard InChI is InChI=1S/C22H32O5/c1-14(2)18-8-6-15(3)10-20(18)25-12-17-13-26-22(27-17)16-7-9-19(23-4)21(11-16)24-5/h7,9,11,13-15,18,20,22H,6,8,10,12H2,1-5H3. The van der Waals surface area contributed by atoms with Crippen LogP contribution in [-0.2, 0) is 14.2 Å². The third kappa shape index (κ3) is 4.70. The SMILES string of the molecule is COc1ccc(C2OC=C(COC3CC(C)CCC3C(C)C)O2)cc1OC. The van der Waals surface area contributed by atoms with Crippen LogP contribution >= 0.6 is 0 Å². The van der Waals surface area contributed by atoms with Gasteiger partial charge in [0.1, 0.15) is 12.9 Å². The van der Waals surface area contributed by atoms with Crippen LogP contribution < -0.4 is 9.47 Å². The van der Waals surface area contributed by atoms with Crippen LogP contribution in [0.2, 0.25) is 0 Å². The van der Waals surface area contributed by atoms with E-state index in [1.807, 2.05) is 18.2 Å². The van der Waals surface area contributed by atoms with Crippen molar-refractivity contribution in [2.75, 3.05) is 20.8 Å². The summed E-state index contributed by atoms with van der Waals surface area (Å²) < 4.78 is 28.5. The first kappa shape index (κ1) is 19.9. The average Bonchev–Trinajstić information content (AvgIpc) is 3.14. The lowest BCUT2D eigenvalue weighted by atomic mass is 9.75. The van der Waals surface area contributed by atoms with E-state index in [9.17, 15) is 0 Å². The molecule has 1 aromatic rings. The van der Waals surface area contributed by atoms with E-state index in [1.165, 1.54) is 12.8 Å². The van der Waals surface area contributed by atoms with Crippen molar-refractivity contribution in [3.63, 3.8) is 0 Å². The zero-order valence-corrected chi connectivity index (χ0v) is 17.1. The largest absolute Gasteiger partial charge is 0.493 e. The molecule has 0 saturated heterocycles. The average molecular weight is 376 g/mol. The summed E-state index contributed by atoms with van der Waals surface area (Å²) in [5.41, 5.74) is 0.880. The zero-order chi connectivity index (χ0) is 19.4. The fourth-order valence-electron chi connectivity index (χ4n) is 4.04. The molecule has 1 fully saturated rings. The highest BCUT2D eigenvalue weighted by atomic mass is 16.7. The van der Waals surface area contributed by atoms with Gasteiger partial charge in [-0.05, 0) is 48.8 Å². The number of benzene rings is 1. The number of hydrogen-bond acceptors (Lipinski definition) is 5. The highest BCUT2D eigenvalue weighted by Crippen LogP contribution is 2.37. The topological polar surface area (TPSA) is 46.2 Å². The Labute approximate surface area is 162 Å². The Morgan fingerprint density at radius 2 is 1.89 bits per heavy atom. The maximum Gasteiger partial charge on any atom is 0.266 e. The summed E-state index contributed by atoms with van der Waals surface area (Å²) in [4.78, 5) is 0. The summed E-state index contributed by atoms with van der Waals surface area (Å²) in [6.45, 7) is 7.34. The number of rotatable bonds is 7. The molecule has 0 N–H and O–H groups in total. The molecule has 2 aliphatic rings. The Balaban J connectivity index is 1.56. The molecule has 5 nitrogen and oxygen atoms in total. The van der Waals surface area contributed by atoms with E-state index >= 15 is 0 Å². The summed E-state index contributed by atoms with van der Waals surface area (Å²) >= 11 is 0. The van der Waals surface area contributed by atoms with Gasteiger partial charge in [-0.25, -0.2) is 0 Å². The number of methoxy groups -OCH3 is 2. The van der Waals surface area contributed by atoms with Crippen LogP contribution in [-0.4, -0.2) is 26.9 Å². The van der Waals surface area contributed by atoms with Gasteiger partial charge in [0, 0.05) is 5.56 Å². The van der Waals surface area contributed by atoms with Crippen LogP contribution in [0, 0.1) is 17.8 Å². The Bertz CT molecular complexity index is 654. The highest BCUT2D eigenvalue weighted by Gasteiger charge is 2.32. The summed E-state index contributed by atoms with van der Waals surface area (Å²) in [6, 6.07) is 5.64. The molecule has 4 atom stereocenters. The molecule has 0 aromatic heterocycles. The molecule has 1 aromatic carbocycles. The molecule has 3 rings (SSSR count). The van der Waals surface area contributed by atoms with Gasteiger partial charge < -0.3 is 23.7 Å². The van der Waals surface area contributed by atoms with Gasteiger partial charge in [-0.1, -0.05) is 27.2 Å². The molecule has 0 amide bonds. The van der Waals surface area contributed by atoms with Gasteiger partial charge in [0.2, 0.25) is 0 Å². The zero-order valence-electron chi connectivity index (χ0n) is 17.1. The minimum absolute atomic E-state index is 0.290. The van der Waals surface area contributed by atoms with Crippen molar-refractivity contribution in [3.8, 4) is 11.5 Å². The molecule has 1 aliphatic carbocycles. The maximum absolute atomic E-state index is 6.26. The monoisotopic (exact) mass is 376 g/mol. The van der Waals surface area contributed by atoms with Crippen molar-refractivity contribution in [1.29, 1.82) is 0 Å². The van der Waals surface area contributed by atoms with Crippen molar-refractivity contribution in [2.24, 2.45) is 17.8 Å². The van der Waals surface area contributed by atoms with Crippen LogP contribution in [0.15, 0.2) is 30.2 Å². The molecule has 1 aliphatic heterocycles. The van der Waals surface area contributed by atoms with E-state index in [-0.39, 0.29) is 0 Å². The first-order chi connectivity index (χ1) is 13.0. The lowest BCUT2D eigenvalue weighted by molar-refractivity contribution is -0.0674. The van der Waals surface area contributed by atoms with Gasteiger partial charge in [-0.2, -0.15) is 0 Å². The van der Waals surface area contributed by atoms with E-state index in [2.05, 4.69) is 20.8 Å². The molecule has 27 heavy (non-hydrogen) atoms. The van der Waals surface area contributed by atoms with Gasteiger partial charge in [-0.3, -0.25) is 0 Å². The van der Waals surface area contributed by atoms with E-state index in [0.29, 0.717) is 36.0 Å². The van der Waals surface area contributed by atoms with Crippen LogP contribution in [0.25, 0.3) is 0 Å². The second-order valence-electron chi connectivity index (χ2n) is 7.96. The van der Waals surface area contributed by atoms with E-state index < -0.39 is 6.29 Å². The highest BCUT2D eigenvalue weighted by molar-refractivity contribution is 5.43. The third-order valence-electron chi connectivity index (χ3n) is 5.66. The Morgan fingerprint density at radius 3 is 2.59 bits per heavy atom. The third-order valence-corrected chi connectivity index (χ3v) is 5.66. The minimum atomic E-state index is -0.477. The molecule has 0 bridgehead atoms. The summed E-state index contributed by atoms with van der Waals surface area (Å²) in [7, 11) is 3.24. The van der Waals surface area contributed by atoms with Gasteiger partial charge in [0.25, 0.3) is 6.29 Å². The van der Waals surface area contributed by atoms with Gasteiger partial charge in [-0.15, -0.1) is 0 Å². The molecule has 1 heterocycles. The lowest BCUT2D eigenvalue weighted by Gasteiger charge is -2.37. The van der Waals surface area contributed by atoms with E-state index in [1.54, 1.807) is 20.5 Å². The second kappa shape index (κ2) is 8.87. The smallest absolute Gasteiger partial charge is 0.266 e. The Hall–Kier alpha value is -1.88. The van der Waals surface area contributed by atoms with E-state index in [4.69, 9.17) is 23.7 Å². The predicted molar refractivity (Wildman–Crippen MR) is 104 cm³/mol. The predicted octanol–water partition coefficient (Wildman–Crippen LogP) is 5.07.